The molecule has 4 aromatic rings. The molecule has 0 aliphatic heterocycles. The number of carbonyl (C=O) groups excluding carboxylic acids is 1. The molecule has 1 N–H and O–H groups in total. The van der Waals surface area contributed by atoms with E-state index in [9.17, 15) is 14.0 Å². The zero-order chi connectivity index (χ0) is 25.0. The highest BCUT2D eigenvalue weighted by Gasteiger charge is 2.39. The number of anilines is 2. The lowest BCUT2D eigenvalue weighted by molar-refractivity contribution is 0.0995. The van der Waals surface area contributed by atoms with Crippen molar-refractivity contribution < 1.29 is 9.18 Å². The van der Waals surface area contributed by atoms with Crippen LogP contribution in [0, 0.1) is 5.82 Å². The maximum Gasteiger partial charge on any atom is 0.293 e. The molecule has 9 heteroatoms. The summed E-state index contributed by atoms with van der Waals surface area (Å²) in [5.74, 6) is 0.861. The molecule has 1 saturated carbocycles. The smallest absolute Gasteiger partial charge is 0.293 e. The van der Waals surface area contributed by atoms with E-state index in [2.05, 4.69) is 15.4 Å². The lowest BCUT2D eigenvalue weighted by Gasteiger charge is -2.10. The standard InChI is InChI=1S/C27H26FN5O2S/c1-3-33-13-19(12-29-33)30-26-27(35)32(2)14-22(31-26)16-6-7-21(28)18(9-16)10-23(34)24-11-20-15-4-5-17(8-15)25(20)36-24/h6-7,9,11-15,17H,3-5,8,10H2,1-2H3,(H,30,31). The first kappa shape index (κ1) is 22.8. The summed E-state index contributed by atoms with van der Waals surface area (Å²) in [6.07, 6.45) is 8.67. The van der Waals surface area contributed by atoms with Crippen molar-refractivity contribution in [1.82, 2.24) is 19.3 Å². The van der Waals surface area contributed by atoms with Gasteiger partial charge in [0.05, 0.1) is 22.5 Å². The molecule has 0 amide bonds. The zero-order valence-electron chi connectivity index (χ0n) is 20.1. The molecule has 36 heavy (non-hydrogen) atoms. The Kier molecular flexibility index (Phi) is 5.59. The quantitative estimate of drug-likeness (QED) is 0.342. The number of rotatable bonds is 7. The van der Waals surface area contributed by atoms with Gasteiger partial charge in [0.1, 0.15) is 5.82 Å². The van der Waals surface area contributed by atoms with Gasteiger partial charge in [0.2, 0.25) is 0 Å². The van der Waals surface area contributed by atoms with Gasteiger partial charge in [-0.3, -0.25) is 14.3 Å². The minimum absolute atomic E-state index is 0.0124. The van der Waals surface area contributed by atoms with Crippen molar-refractivity contribution in [1.29, 1.82) is 0 Å². The number of fused-ring (bicyclic) bond motifs is 5. The highest BCUT2D eigenvalue weighted by atomic mass is 32.1. The summed E-state index contributed by atoms with van der Waals surface area (Å²) in [7, 11) is 1.64. The molecule has 7 nitrogen and oxygen atoms in total. The van der Waals surface area contributed by atoms with Crippen molar-refractivity contribution >= 4 is 28.6 Å². The molecular weight excluding hydrogens is 477 g/mol. The molecule has 0 radical (unpaired) electrons. The minimum atomic E-state index is -0.425. The molecule has 6 rings (SSSR count). The first-order valence-corrected chi connectivity index (χ1v) is 13.0. The van der Waals surface area contributed by atoms with Gasteiger partial charge in [0.15, 0.2) is 11.6 Å². The molecule has 3 heterocycles. The molecule has 0 spiro atoms. The molecule has 1 fully saturated rings. The van der Waals surface area contributed by atoms with Crippen LogP contribution in [0.2, 0.25) is 0 Å². The van der Waals surface area contributed by atoms with Crippen LogP contribution < -0.4 is 10.9 Å². The van der Waals surface area contributed by atoms with Crippen LogP contribution in [-0.4, -0.2) is 25.1 Å². The second-order valence-corrected chi connectivity index (χ2v) is 10.7. The van der Waals surface area contributed by atoms with Crippen molar-refractivity contribution in [3.8, 4) is 11.3 Å². The van der Waals surface area contributed by atoms with E-state index in [0.717, 1.165) is 4.88 Å². The Morgan fingerprint density at radius 3 is 2.83 bits per heavy atom. The van der Waals surface area contributed by atoms with Gasteiger partial charge in [0, 0.05) is 42.8 Å². The number of nitrogens with one attached hydrogen (secondary N) is 1. The molecule has 2 bridgehead atoms. The predicted octanol–water partition coefficient (Wildman–Crippen LogP) is 5.40. The monoisotopic (exact) mass is 503 g/mol. The summed E-state index contributed by atoms with van der Waals surface area (Å²) in [6.45, 7) is 2.68. The first-order valence-electron chi connectivity index (χ1n) is 12.2. The summed E-state index contributed by atoms with van der Waals surface area (Å²) >= 11 is 1.59. The van der Waals surface area contributed by atoms with Crippen LogP contribution in [-0.2, 0) is 20.0 Å². The minimum Gasteiger partial charge on any atom is -0.333 e. The van der Waals surface area contributed by atoms with Crippen LogP contribution in [0.15, 0.2) is 47.7 Å². The average molecular weight is 504 g/mol. The Morgan fingerprint density at radius 1 is 1.22 bits per heavy atom. The summed E-state index contributed by atoms with van der Waals surface area (Å²) in [5.41, 5.74) is 3.16. The van der Waals surface area contributed by atoms with E-state index in [1.807, 2.05) is 13.0 Å². The predicted molar refractivity (Wildman–Crippen MR) is 138 cm³/mol. The Labute approximate surface area is 211 Å². The van der Waals surface area contributed by atoms with Crippen LogP contribution >= 0.6 is 11.3 Å². The molecule has 0 saturated heterocycles. The van der Waals surface area contributed by atoms with Gasteiger partial charge in [-0.15, -0.1) is 11.3 Å². The number of nitrogens with zero attached hydrogens (tertiary/aromatic N) is 4. The van der Waals surface area contributed by atoms with Crippen LogP contribution in [0.3, 0.4) is 0 Å². The van der Waals surface area contributed by atoms with Crippen molar-refractivity contribution in [2.24, 2.45) is 7.05 Å². The Morgan fingerprint density at radius 2 is 2.06 bits per heavy atom. The van der Waals surface area contributed by atoms with Crippen molar-refractivity contribution in [2.75, 3.05) is 5.32 Å². The number of hydrogen-bond acceptors (Lipinski definition) is 6. The topological polar surface area (TPSA) is 81.8 Å². The van der Waals surface area contributed by atoms with Gasteiger partial charge in [-0.05, 0) is 73.4 Å². The third-order valence-corrected chi connectivity index (χ3v) is 8.65. The number of aromatic nitrogens is 4. The van der Waals surface area contributed by atoms with Crippen LogP contribution in [0.25, 0.3) is 11.3 Å². The lowest BCUT2D eigenvalue weighted by Crippen LogP contribution is -2.21. The number of Topliss-reactive ketones (excluding diaryl/α,β-unsaturated/α-hetero) is 1. The van der Waals surface area contributed by atoms with Gasteiger partial charge in [0.25, 0.3) is 5.56 Å². The Balaban J connectivity index is 1.27. The maximum atomic E-state index is 14.8. The van der Waals surface area contributed by atoms with Gasteiger partial charge in [-0.1, -0.05) is 0 Å². The van der Waals surface area contributed by atoms with E-state index in [1.54, 1.807) is 53.8 Å². The molecule has 2 unspecified atom stereocenters. The Hall–Kier alpha value is -3.59. The first-order chi connectivity index (χ1) is 17.4. The van der Waals surface area contributed by atoms with Crippen LogP contribution in [0.1, 0.15) is 63.7 Å². The van der Waals surface area contributed by atoms with Gasteiger partial charge >= 0.3 is 0 Å². The van der Waals surface area contributed by atoms with E-state index < -0.39 is 5.82 Å². The van der Waals surface area contributed by atoms with Gasteiger partial charge < -0.3 is 9.88 Å². The second-order valence-electron chi connectivity index (χ2n) is 9.64. The van der Waals surface area contributed by atoms with Gasteiger partial charge in [-0.2, -0.15) is 5.10 Å². The second kappa shape index (κ2) is 8.81. The van der Waals surface area contributed by atoms with Crippen LogP contribution in [0.4, 0.5) is 15.9 Å². The average Bonchev–Trinajstić information content (AvgIpc) is 3.65. The largest absolute Gasteiger partial charge is 0.333 e. The molecule has 2 atom stereocenters. The van der Waals surface area contributed by atoms with Crippen molar-refractivity contribution in [3.05, 3.63) is 79.9 Å². The maximum absolute atomic E-state index is 14.8. The molecule has 3 aromatic heterocycles. The number of ketones is 1. The summed E-state index contributed by atoms with van der Waals surface area (Å²) in [5, 5.41) is 7.24. The lowest BCUT2D eigenvalue weighted by atomic mass is 9.98. The zero-order valence-corrected chi connectivity index (χ0v) is 20.9. The molecule has 2 aliphatic rings. The third-order valence-electron chi connectivity index (χ3n) is 7.29. The van der Waals surface area contributed by atoms with Crippen molar-refractivity contribution in [3.63, 3.8) is 0 Å². The molecule has 2 aliphatic carbocycles. The van der Waals surface area contributed by atoms with E-state index in [0.29, 0.717) is 40.9 Å². The number of carbonyl (C=O) groups is 1. The third kappa shape index (κ3) is 3.97. The molecule has 184 valence electrons. The fourth-order valence-electron chi connectivity index (χ4n) is 5.39. The SMILES string of the molecule is CCn1cc(Nc2nc(-c3ccc(F)c(CC(=O)c4cc5c(s4)C4CCC5C4)c3)cn(C)c2=O)cn1. The fraction of sp³-hybridized carbons (Fsp3) is 0.333. The fourth-order valence-corrected chi connectivity index (χ4v) is 6.72. The normalized spacial score (nSPS) is 18.0. The van der Waals surface area contributed by atoms with Crippen LogP contribution in [0.5, 0.6) is 0 Å². The van der Waals surface area contributed by atoms with Gasteiger partial charge in [-0.25, -0.2) is 9.37 Å². The van der Waals surface area contributed by atoms with E-state index >= 15 is 0 Å². The van der Waals surface area contributed by atoms with Crippen molar-refractivity contribution in [2.45, 2.75) is 51.0 Å². The number of aryl methyl sites for hydroxylation is 2. The number of halogens is 1. The Bertz CT molecular complexity index is 1520. The van der Waals surface area contributed by atoms with E-state index in [-0.39, 0.29) is 23.6 Å². The number of hydrogen-bond donors (Lipinski definition) is 1. The summed E-state index contributed by atoms with van der Waals surface area (Å²) in [6, 6.07) is 6.68. The van der Waals surface area contributed by atoms with E-state index in [1.165, 1.54) is 40.3 Å². The highest BCUT2D eigenvalue weighted by molar-refractivity contribution is 7.14. The molecule has 1 aromatic carbocycles. The number of thiophene rings is 1. The summed E-state index contributed by atoms with van der Waals surface area (Å²) < 4.78 is 17.9. The highest BCUT2D eigenvalue weighted by Crippen LogP contribution is 2.56. The molecular formula is C27H26FN5O2S. The van der Waals surface area contributed by atoms with E-state index in [4.69, 9.17) is 0 Å². The summed E-state index contributed by atoms with van der Waals surface area (Å²) in [4.78, 5) is 32.4. The number of benzene rings is 1.